The van der Waals surface area contributed by atoms with Crippen LogP contribution in [0, 0.1) is 0 Å². The first-order chi connectivity index (χ1) is 11.8. The van der Waals surface area contributed by atoms with Crippen LogP contribution in [0.2, 0.25) is 0 Å². The van der Waals surface area contributed by atoms with Crippen molar-refractivity contribution in [2.24, 2.45) is 4.99 Å². The predicted octanol–water partition coefficient (Wildman–Crippen LogP) is 3.51. The summed E-state index contributed by atoms with van der Waals surface area (Å²) >= 11 is 0. The normalized spacial score (nSPS) is 11.0. The van der Waals surface area contributed by atoms with E-state index >= 15 is 0 Å². The third-order valence-corrected chi connectivity index (χ3v) is 3.35. The van der Waals surface area contributed by atoms with E-state index in [2.05, 4.69) is 34.3 Å². The van der Waals surface area contributed by atoms with Gasteiger partial charge in [-0.3, -0.25) is 0 Å². The Bertz CT molecular complexity index is 636. The van der Waals surface area contributed by atoms with Crippen molar-refractivity contribution in [3.63, 3.8) is 0 Å². The quantitative estimate of drug-likeness (QED) is 0.444. The predicted molar refractivity (Wildman–Crippen MR) is 100 cm³/mol. The number of hydrogen-bond donors (Lipinski definition) is 2. The van der Waals surface area contributed by atoms with E-state index in [0.717, 1.165) is 29.4 Å². The average molecular weight is 323 g/mol. The molecule has 0 spiro atoms. The van der Waals surface area contributed by atoms with E-state index < -0.39 is 0 Å². The fourth-order valence-corrected chi connectivity index (χ4v) is 2.11. The first-order valence-electron chi connectivity index (χ1n) is 8.20. The van der Waals surface area contributed by atoms with E-state index in [9.17, 15) is 0 Å². The molecule has 0 aliphatic heterocycles. The maximum atomic E-state index is 5.79. The van der Waals surface area contributed by atoms with Gasteiger partial charge in [0.05, 0.1) is 6.54 Å². The molecule has 2 N–H and O–H groups in total. The second-order valence-corrected chi connectivity index (χ2v) is 5.28. The number of benzene rings is 2. The molecule has 0 bridgehead atoms. The molecule has 2 rings (SSSR count). The van der Waals surface area contributed by atoms with Crippen LogP contribution < -0.4 is 15.4 Å². The molecule has 0 heterocycles. The van der Waals surface area contributed by atoms with Gasteiger partial charge in [0.2, 0.25) is 0 Å². The lowest BCUT2D eigenvalue weighted by Gasteiger charge is -2.10. The summed E-state index contributed by atoms with van der Waals surface area (Å²) < 4.78 is 5.79. The number of hydrogen-bond acceptors (Lipinski definition) is 2. The molecule has 0 saturated carbocycles. The lowest BCUT2D eigenvalue weighted by atomic mass is 10.2. The fraction of sp³-hybridized carbons (Fsp3) is 0.250. The zero-order valence-corrected chi connectivity index (χ0v) is 14.2. The van der Waals surface area contributed by atoms with Crippen molar-refractivity contribution in [3.8, 4) is 5.75 Å². The minimum absolute atomic E-state index is 0.578. The van der Waals surface area contributed by atoms with Crippen LogP contribution in [0.1, 0.15) is 18.1 Å². The van der Waals surface area contributed by atoms with Crippen LogP contribution in [0.15, 0.2) is 72.2 Å². The molecule has 0 unspecified atom stereocenters. The van der Waals surface area contributed by atoms with Crippen LogP contribution in [0.3, 0.4) is 0 Å². The number of nitrogens with one attached hydrogen (secondary N) is 2. The minimum Gasteiger partial charge on any atom is -0.489 e. The fourth-order valence-electron chi connectivity index (χ4n) is 2.11. The van der Waals surface area contributed by atoms with Gasteiger partial charge < -0.3 is 15.4 Å². The van der Waals surface area contributed by atoms with Crippen LogP contribution >= 0.6 is 0 Å². The van der Waals surface area contributed by atoms with Gasteiger partial charge in [0.15, 0.2) is 5.96 Å². The zero-order chi connectivity index (χ0) is 17.0. The first-order valence-corrected chi connectivity index (χ1v) is 8.20. The van der Waals surface area contributed by atoms with Gasteiger partial charge in [-0.2, -0.15) is 0 Å². The van der Waals surface area contributed by atoms with Crippen molar-refractivity contribution in [1.29, 1.82) is 0 Å². The van der Waals surface area contributed by atoms with Crippen LogP contribution in [0.25, 0.3) is 0 Å². The monoisotopic (exact) mass is 323 g/mol. The maximum Gasteiger partial charge on any atom is 0.191 e. The summed E-state index contributed by atoms with van der Waals surface area (Å²) in [5.41, 5.74) is 2.30. The Morgan fingerprint density at radius 2 is 1.79 bits per heavy atom. The molecule has 24 heavy (non-hydrogen) atoms. The van der Waals surface area contributed by atoms with Gasteiger partial charge in [0.25, 0.3) is 0 Å². The van der Waals surface area contributed by atoms with Crippen molar-refractivity contribution >= 4 is 5.96 Å². The molecule has 2 aromatic carbocycles. The Kier molecular flexibility index (Phi) is 7.41. The molecular weight excluding hydrogens is 298 g/mol. The summed E-state index contributed by atoms with van der Waals surface area (Å²) in [5, 5.41) is 6.39. The smallest absolute Gasteiger partial charge is 0.191 e. The van der Waals surface area contributed by atoms with Crippen molar-refractivity contribution in [2.45, 2.75) is 20.1 Å². The number of nitrogens with zero attached hydrogens (tertiary/aromatic N) is 1. The number of ether oxygens (including phenoxy) is 1. The highest BCUT2D eigenvalue weighted by atomic mass is 16.5. The molecule has 0 fully saturated rings. The topological polar surface area (TPSA) is 45.7 Å². The van der Waals surface area contributed by atoms with Crippen LogP contribution in [0.4, 0.5) is 0 Å². The Morgan fingerprint density at radius 3 is 2.46 bits per heavy atom. The Hall–Kier alpha value is -2.75. The number of guanidine groups is 1. The zero-order valence-electron chi connectivity index (χ0n) is 14.2. The SMILES string of the molecule is C=CCNC(=NCc1ccc(OCc2ccccc2)cc1)NCC. The standard InChI is InChI=1S/C20H25N3O/c1-3-14-22-20(21-4-2)23-15-17-10-12-19(13-11-17)24-16-18-8-6-5-7-9-18/h3,5-13H,1,4,14-16H2,2H3,(H2,21,22,23). The molecule has 0 amide bonds. The van der Waals surface area contributed by atoms with Crippen LogP contribution in [0.5, 0.6) is 5.75 Å². The summed E-state index contributed by atoms with van der Waals surface area (Å²) in [6, 6.07) is 18.2. The molecule has 0 atom stereocenters. The second kappa shape index (κ2) is 10.1. The summed E-state index contributed by atoms with van der Waals surface area (Å²) in [5.74, 6) is 1.66. The van der Waals surface area contributed by atoms with Gasteiger partial charge >= 0.3 is 0 Å². The summed E-state index contributed by atoms with van der Waals surface area (Å²) in [4.78, 5) is 4.55. The highest BCUT2D eigenvalue weighted by Crippen LogP contribution is 2.14. The second-order valence-electron chi connectivity index (χ2n) is 5.28. The van der Waals surface area contributed by atoms with E-state index in [0.29, 0.717) is 19.7 Å². The molecule has 0 aliphatic rings. The van der Waals surface area contributed by atoms with Crippen molar-refractivity contribution in [1.82, 2.24) is 10.6 Å². The lowest BCUT2D eigenvalue weighted by Crippen LogP contribution is -2.37. The summed E-state index contributed by atoms with van der Waals surface area (Å²) in [7, 11) is 0. The molecule has 0 radical (unpaired) electrons. The van der Waals surface area contributed by atoms with E-state index in [1.807, 2.05) is 55.5 Å². The highest BCUT2D eigenvalue weighted by molar-refractivity contribution is 5.79. The molecule has 0 aliphatic carbocycles. The molecule has 4 heteroatoms. The Labute approximate surface area is 144 Å². The average Bonchev–Trinajstić information content (AvgIpc) is 2.64. The van der Waals surface area contributed by atoms with Crippen LogP contribution in [-0.4, -0.2) is 19.0 Å². The highest BCUT2D eigenvalue weighted by Gasteiger charge is 1.98. The number of rotatable bonds is 8. The Morgan fingerprint density at radius 1 is 1.04 bits per heavy atom. The van der Waals surface area contributed by atoms with Crippen molar-refractivity contribution in [2.75, 3.05) is 13.1 Å². The van der Waals surface area contributed by atoms with Crippen LogP contribution in [-0.2, 0) is 13.2 Å². The van der Waals surface area contributed by atoms with Gasteiger partial charge in [0, 0.05) is 13.1 Å². The summed E-state index contributed by atoms with van der Waals surface area (Å²) in [6.07, 6.45) is 1.81. The first kappa shape index (κ1) is 17.6. The van der Waals surface area contributed by atoms with Gasteiger partial charge in [-0.1, -0.05) is 48.5 Å². The lowest BCUT2D eigenvalue weighted by molar-refractivity contribution is 0.306. The van der Waals surface area contributed by atoms with Crippen molar-refractivity contribution in [3.05, 3.63) is 78.4 Å². The van der Waals surface area contributed by atoms with Gasteiger partial charge in [-0.05, 0) is 30.2 Å². The largest absolute Gasteiger partial charge is 0.489 e. The van der Waals surface area contributed by atoms with Gasteiger partial charge in [-0.15, -0.1) is 6.58 Å². The maximum absolute atomic E-state index is 5.79. The van der Waals surface area contributed by atoms with E-state index in [1.165, 1.54) is 0 Å². The van der Waals surface area contributed by atoms with Crippen molar-refractivity contribution < 1.29 is 4.74 Å². The number of aliphatic imine (C=N–C) groups is 1. The summed E-state index contributed by atoms with van der Waals surface area (Å²) in [6.45, 7) is 8.46. The van der Waals surface area contributed by atoms with Gasteiger partial charge in [0.1, 0.15) is 12.4 Å². The molecular formula is C20H25N3O. The minimum atomic E-state index is 0.578. The molecule has 0 aromatic heterocycles. The Balaban J connectivity index is 1.87. The van der Waals surface area contributed by atoms with E-state index in [4.69, 9.17) is 4.74 Å². The van der Waals surface area contributed by atoms with Gasteiger partial charge in [-0.25, -0.2) is 4.99 Å². The van der Waals surface area contributed by atoms with E-state index in [-0.39, 0.29) is 0 Å². The molecule has 0 saturated heterocycles. The van der Waals surface area contributed by atoms with E-state index in [1.54, 1.807) is 0 Å². The molecule has 2 aromatic rings. The third kappa shape index (κ3) is 6.16. The molecule has 126 valence electrons. The molecule has 4 nitrogen and oxygen atoms in total. The third-order valence-electron chi connectivity index (χ3n) is 3.35.